The Kier molecular flexibility index (Phi) is 5.87. The molecule has 0 saturated heterocycles. The number of nitrogens with zero attached hydrogens (tertiary/aromatic N) is 2. The lowest BCUT2D eigenvalue weighted by molar-refractivity contribution is -0.137. The molecule has 0 bridgehead atoms. The average Bonchev–Trinajstić information content (AvgIpc) is 2.72. The van der Waals surface area contributed by atoms with Crippen LogP contribution in [0.2, 0.25) is 0 Å². The minimum absolute atomic E-state index is 0.0821. The second-order valence-corrected chi connectivity index (χ2v) is 5.85. The first-order chi connectivity index (χ1) is 13.8. The monoisotopic (exact) mass is 401 g/mol. The Morgan fingerprint density at radius 1 is 1.00 bits per heavy atom. The Bertz CT molecular complexity index is 996. The van der Waals surface area contributed by atoms with Gasteiger partial charge >= 0.3 is 12.1 Å². The van der Waals surface area contributed by atoms with Gasteiger partial charge in [-0.05, 0) is 18.2 Å². The molecule has 3 rings (SSSR count). The first-order valence-electron chi connectivity index (χ1n) is 8.34. The first-order valence-corrected chi connectivity index (χ1v) is 8.34. The van der Waals surface area contributed by atoms with Crippen molar-refractivity contribution in [2.24, 2.45) is 0 Å². The lowest BCUT2D eigenvalue weighted by Gasteiger charge is -2.18. The number of halogens is 3. The van der Waals surface area contributed by atoms with E-state index >= 15 is 0 Å². The number of nitrogens with one attached hydrogen (secondary N) is 1. The first kappa shape index (κ1) is 20.0. The third-order valence-corrected chi connectivity index (χ3v) is 3.80. The van der Waals surface area contributed by atoms with E-state index in [-0.39, 0.29) is 11.4 Å². The van der Waals surface area contributed by atoms with Gasteiger partial charge in [0.15, 0.2) is 5.69 Å². The fraction of sp³-hybridized carbons (Fsp3) is 0.100. The minimum atomic E-state index is -4.56. The van der Waals surface area contributed by atoms with Crippen LogP contribution in [0.25, 0.3) is 0 Å². The van der Waals surface area contributed by atoms with Crippen LogP contribution >= 0.6 is 0 Å². The molecular weight excluding hydrogens is 387 g/mol. The second kappa shape index (κ2) is 8.51. The van der Waals surface area contributed by atoms with Crippen molar-refractivity contribution in [1.82, 2.24) is 9.97 Å². The van der Waals surface area contributed by atoms with E-state index in [1.807, 2.05) is 0 Å². The molecule has 1 aromatic heterocycles. The molecule has 0 aliphatic rings. The molecule has 0 spiro atoms. The zero-order valence-corrected chi connectivity index (χ0v) is 14.8. The van der Waals surface area contributed by atoms with Crippen LogP contribution in [0.4, 0.5) is 18.9 Å². The summed E-state index contributed by atoms with van der Waals surface area (Å²) in [5.74, 6) is -1.71. The highest BCUT2D eigenvalue weighted by atomic mass is 19.4. The Labute approximate surface area is 163 Å². The van der Waals surface area contributed by atoms with E-state index in [1.54, 1.807) is 30.3 Å². The van der Waals surface area contributed by atoms with Crippen molar-refractivity contribution in [3.05, 3.63) is 90.0 Å². The van der Waals surface area contributed by atoms with Gasteiger partial charge in [-0.2, -0.15) is 13.2 Å². The van der Waals surface area contributed by atoms with Gasteiger partial charge in [-0.25, -0.2) is 9.78 Å². The number of esters is 1. The number of anilines is 1. The molecule has 0 aliphatic carbocycles. The normalized spacial score (nSPS) is 12.1. The van der Waals surface area contributed by atoms with Crippen LogP contribution in [0, 0.1) is 0 Å². The third-order valence-electron chi connectivity index (χ3n) is 3.80. The molecule has 0 radical (unpaired) electrons. The molecule has 1 amide bonds. The van der Waals surface area contributed by atoms with Crippen LogP contribution in [0.1, 0.15) is 27.7 Å². The topological polar surface area (TPSA) is 81.2 Å². The van der Waals surface area contributed by atoms with Crippen molar-refractivity contribution in [2.75, 3.05) is 5.32 Å². The lowest BCUT2D eigenvalue weighted by atomic mass is 10.1. The number of hydrogen-bond acceptors (Lipinski definition) is 5. The summed E-state index contributed by atoms with van der Waals surface area (Å²) >= 11 is 0. The molecule has 0 fully saturated rings. The van der Waals surface area contributed by atoms with Gasteiger partial charge < -0.3 is 10.1 Å². The number of carbonyl (C=O) groups excluding carboxylic acids is 2. The van der Waals surface area contributed by atoms with E-state index in [1.165, 1.54) is 30.7 Å². The number of hydrogen-bond donors (Lipinski definition) is 1. The van der Waals surface area contributed by atoms with Gasteiger partial charge in [0, 0.05) is 23.6 Å². The van der Waals surface area contributed by atoms with E-state index in [9.17, 15) is 22.8 Å². The van der Waals surface area contributed by atoms with Gasteiger partial charge in [0.1, 0.15) is 0 Å². The maximum absolute atomic E-state index is 12.9. The number of carbonyl (C=O) groups is 2. The lowest BCUT2D eigenvalue weighted by Crippen LogP contribution is -2.26. The maximum Gasteiger partial charge on any atom is 0.416 e. The molecule has 3 aromatic rings. The molecule has 2 aromatic carbocycles. The standard InChI is InChI=1S/C20H14F3N3O3/c21-20(22,23)14-7-4-8-15(11-14)26-18(27)17(13-5-2-1-3-6-13)29-19(28)16-12-24-9-10-25-16/h1-12,17H,(H,26,27)/t17-/m1/s1. The van der Waals surface area contributed by atoms with Gasteiger partial charge in [0.05, 0.1) is 11.8 Å². The molecule has 1 N–H and O–H groups in total. The third kappa shape index (κ3) is 5.16. The summed E-state index contributed by atoms with van der Waals surface area (Å²) in [7, 11) is 0. The zero-order chi connectivity index (χ0) is 20.9. The SMILES string of the molecule is O=C(O[C@@H](C(=O)Nc1cccc(C(F)(F)F)c1)c1ccccc1)c1cnccn1. The van der Waals surface area contributed by atoms with E-state index in [4.69, 9.17) is 4.74 Å². The summed E-state index contributed by atoms with van der Waals surface area (Å²) < 4.78 is 44.0. The molecule has 9 heteroatoms. The zero-order valence-electron chi connectivity index (χ0n) is 14.8. The molecular formula is C20H14F3N3O3. The van der Waals surface area contributed by atoms with E-state index in [0.29, 0.717) is 5.56 Å². The quantitative estimate of drug-likeness (QED) is 0.653. The summed E-state index contributed by atoms with van der Waals surface area (Å²) in [6.45, 7) is 0. The number of alkyl halides is 3. The number of rotatable bonds is 5. The van der Waals surface area contributed by atoms with Crippen LogP contribution in [-0.2, 0) is 15.7 Å². The van der Waals surface area contributed by atoms with Crippen LogP contribution in [0.15, 0.2) is 73.2 Å². The summed E-state index contributed by atoms with van der Waals surface area (Å²) in [6.07, 6.45) is -2.13. The van der Waals surface area contributed by atoms with Crippen molar-refractivity contribution in [1.29, 1.82) is 0 Å². The van der Waals surface area contributed by atoms with Gasteiger partial charge in [-0.15, -0.1) is 0 Å². The highest BCUT2D eigenvalue weighted by Gasteiger charge is 2.31. The molecule has 148 valence electrons. The molecule has 6 nitrogen and oxygen atoms in total. The maximum atomic E-state index is 12.9. The van der Waals surface area contributed by atoms with Gasteiger partial charge in [-0.3, -0.25) is 9.78 Å². The van der Waals surface area contributed by atoms with Crippen molar-refractivity contribution in [2.45, 2.75) is 12.3 Å². The summed E-state index contributed by atoms with van der Waals surface area (Å²) in [6, 6.07) is 12.2. The fourth-order valence-corrected chi connectivity index (χ4v) is 2.45. The number of amides is 1. The second-order valence-electron chi connectivity index (χ2n) is 5.85. The minimum Gasteiger partial charge on any atom is -0.443 e. The summed E-state index contributed by atoms with van der Waals surface area (Å²) in [5, 5.41) is 2.36. The predicted molar refractivity (Wildman–Crippen MR) is 96.7 cm³/mol. The number of aromatic nitrogens is 2. The summed E-state index contributed by atoms with van der Waals surface area (Å²) in [5.41, 5.74) is -0.765. The number of ether oxygens (including phenoxy) is 1. The Morgan fingerprint density at radius 2 is 1.76 bits per heavy atom. The highest BCUT2D eigenvalue weighted by molar-refractivity contribution is 5.97. The van der Waals surface area contributed by atoms with Gasteiger partial charge in [0.2, 0.25) is 6.10 Å². The molecule has 29 heavy (non-hydrogen) atoms. The molecule has 0 aliphatic heterocycles. The largest absolute Gasteiger partial charge is 0.443 e. The Balaban J connectivity index is 1.85. The number of benzene rings is 2. The van der Waals surface area contributed by atoms with Gasteiger partial charge in [0.25, 0.3) is 5.91 Å². The van der Waals surface area contributed by atoms with E-state index in [2.05, 4.69) is 15.3 Å². The molecule has 0 saturated carbocycles. The molecule has 1 atom stereocenters. The summed E-state index contributed by atoms with van der Waals surface area (Å²) in [4.78, 5) is 32.6. The smallest absolute Gasteiger partial charge is 0.416 e. The van der Waals surface area contributed by atoms with Crippen LogP contribution in [0.3, 0.4) is 0 Å². The van der Waals surface area contributed by atoms with E-state index < -0.39 is 29.7 Å². The van der Waals surface area contributed by atoms with Crippen LogP contribution in [0.5, 0.6) is 0 Å². The van der Waals surface area contributed by atoms with Gasteiger partial charge in [-0.1, -0.05) is 36.4 Å². The molecule has 0 unspecified atom stereocenters. The van der Waals surface area contributed by atoms with Crippen molar-refractivity contribution >= 4 is 17.6 Å². The average molecular weight is 401 g/mol. The van der Waals surface area contributed by atoms with Crippen LogP contribution in [-0.4, -0.2) is 21.8 Å². The Morgan fingerprint density at radius 3 is 2.41 bits per heavy atom. The Hall–Kier alpha value is -3.75. The van der Waals surface area contributed by atoms with Crippen molar-refractivity contribution < 1.29 is 27.5 Å². The predicted octanol–water partition coefficient (Wildman–Crippen LogP) is 4.03. The van der Waals surface area contributed by atoms with Crippen molar-refractivity contribution in [3.63, 3.8) is 0 Å². The van der Waals surface area contributed by atoms with Crippen molar-refractivity contribution in [3.8, 4) is 0 Å². The highest BCUT2D eigenvalue weighted by Crippen LogP contribution is 2.31. The molecule has 1 heterocycles. The fourth-order valence-electron chi connectivity index (χ4n) is 2.45. The van der Waals surface area contributed by atoms with Crippen LogP contribution < -0.4 is 5.32 Å². The van der Waals surface area contributed by atoms with E-state index in [0.717, 1.165) is 12.1 Å².